The molecule has 1 aromatic heterocycles. The molecule has 1 aliphatic heterocycles. The van der Waals surface area contributed by atoms with E-state index in [9.17, 15) is 4.79 Å². The fourth-order valence-corrected chi connectivity index (χ4v) is 3.86. The number of morpholine rings is 1. The topological polar surface area (TPSA) is 42.4 Å². The fraction of sp³-hybridized carbons (Fsp3) is 0.714. The Balaban J connectivity index is 1.88. The summed E-state index contributed by atoms with van der Waals surface area (Å²) in [5, 5.41) is 0.975. The maximum Gasteiger partial charge on any atom is 0.175 e. The first kappa shape index (κ1) is 13.2. The Morgan fingerprint density at radius 1 is 1.42 bits per heavy atom. The molecule has 0 bridgehead atoms. The van der Waals surface area contributed by atoms with Gasteiger partial charge in [0.05, 0.1) is 17.2 Å². The third-order valence-electron chi connectivity index (χ3n) is 3.80. The quantitative estimate of drug-likeness (QED) is 0.791. The summed E-state index contributed by atoms with van der Waals surface area (Å²) in [4.78, 5) is 20.0. The number of aromatic nitrogens is 1. The van der Waals surface area contributed by atoms with E-state index < -0.39 is 0 Å². The smallest absolute Gasteiger partial charge is 0.175 e. The minimum absolute atomic E-state index is 0.0327. The van der Waals surface area contributed by atoms with Gasteiger partial charge in [-0.15, -0.1) is 11.3 Å². The summed E-state index contributed by atoms with van der Waals surface area (Å²) in [6.07, 6.45) is 1.56. The van der Waals surface area contributed by atoms with Gasteiger partial charge in [0.15, 0.2) is 5.78 Å². The Morgan fingerprint density at radius 3 is 2.95 bits per heavy atom. The van der Waals surface area contributed by atoms with Crippen molar-refractivity contribution >= 4 is 17.1 Å². The molecular weight excluding hydrogens is 260 g/mol. The molecule has 104 valence electrons. The van der Waals surface area contributed by atoms with E-state index in [1.54, 1.807) is 11.3 Å². The zero-order valence-corrected chi connectivity index (χ0v) is 12.5. The van der Waals surface area contributed by atoms with Gasteiger partial charge in [-0.05, 0) is 18.9 Å². The number of likely N-dealkylation sites (N-methyl/N-ethyl adjacent to an activating group) is 1. The average Bonchev–Trinajstić information content (AvgIpc) is 2.71. The first-order valence-corrected chi connectivity index (χ1v) is 7.59. The van der Waals surface area contributed by atoms with Crippen LogP contribution in [0.15, 0.2) is 0 Å². The van der Waals surface area contributed by atoms with E-state index in [0.29, 0.717) is 6.42 Å². The summed E-state index contributed by atoms with van der Waals surface area (Å²) >= 11 is 1.54. The predicted molar refractivity (Wildman–Crippen MR) is 74.7 cm³/mol. The van der Waals surface area contributed by atoms with Crippen molar-refractivity contribution in [3.63, 3.8) is 0 Å². The molecule has 5 heteroatoms. The molecule has 1 aromatic rings. The van der Waals surface area contributed by atoms with Crippen LogP contribution in [0.4, 0.5) is 0 Å². The molecule has 0 aromatic carbocycles. The van der Waals surface area contributed by atoms with Gasteiger partial charge in [0.2, 0.25) is 0 Å². The number of Topliss-reactive ketones (excluding diaryl/α,β-unsaturated/α-hetero) is 1. The van der Waals surface area contributed by atoms with Crippen LogP contribution in [0, 0.1) is 5.41 Å². The summed E-state index contributed by atoms with van der Waals surface area (Å²) in [5.74, 6) is 0.249. The van der Waals surface area contributed by atoms with Crippen LogP contribution in [0.5, 0.6) is 0 Å². The second-order valence-electron chi connectivity index (χ2n) is 6.39. The van der Waals surface area contributed by atoms with Crippen molar-refractivity contribution in [2.75, 3.05) is 26.7 Å². The molecule has 1 unspecified atom stereocenters. The first-order chi connectivity index (χ1) is 8.94. The molecule has 19 heavy (non-hydrogen) atoms. The molecule has 2 aliphatic rings. The normalized spacial score (nSPS) is 27.3. The van der Waals surface area contributed by atoms with Crippen LogP contribution in [0.2, 0.25) is 0 Å². The predicted octanol–water partition coefficient (Wildman–Crippen LogP) is 2.30. The lowest BCUT2D eigenvalue weighted by Gasteiger charge is -2.28. The molecular formula is C14H20N2O2S. The van der Waals surface area contributed by atoms with Crippen molar-refractivity contribution in [1.29, 1.82) is 0 Å². The van der Waals surface area contributed by atoms with E-state index >= 15 is 0 Å². The first-order valence-electron chi connectivity index (χ1n) is 6.77. The van der Waals surface area contributed by atoms with E-state index in [0.717, 1.165) is 41.7 Å². The van der Waals surface area contributed by atoms with Crippen LogP contribution in [0.25, 0.3) is 0 Å². The van der Waals surface area contributed by atoms with Crippen molar-refractivity contribution in [2.45, 2.75) is 32.8 Å². The van der Waals surface area contributed by atoms with Crippen molar-refractivity contribution < 1.29 is 9.53 Å². The highest BCUT2D eigenvalue weighted by atomic mass is 32.1. The lowest BCUT2D eigenvalue weighted by atomic mass is 9.78. The summed E-state index contributed by atoms with van der Waals surface area (Å²) in [5.41, 5.74) is 1.03. The molecule has 2 heterocycles. The second kappa shape index (κ2) is 4.65. The average molecular weight is 280 g/mol. The largest absolute Gasteiger partial charge is 0.368 e. The Labute approximate surface area is 117 Å². The van der Waals surface area contributed by atoms with Gasteiger partial charge in [-0.25, -0.2) is 4.98 Å². The highest BCUT2D eigenvalue weighted by Crippen LogP contribution is 2.39. The van der Waals surface area contributed by atoms with Crippen LogP contribution in [0.1, 0.15) is 46.7 Å². The van der Waals surface area contributed by atoms with Gasteiger partial charge >= 0.3 is 0 Å². The molecule has 1 saturated heterocycles. The van der Waals surface area contributed by atoms with E-state index in [1.165, 1.54) is 0 Å². The Bertz CT molecular complexity index is 510. The van der Waals surface area contributed by atoms with E-state index in [-0.39, 0.29) is 17.3 Å². The molecule has 1 atom stereocenters. The molecule has 0 amide bonds. The van der Waals surface area contributed by atoms with Gasteiger partial charge in [-0.2, -0.15) is 0 Å². The molecule has 1 fully saturated rings. The monoisotopic (exact) mass is 280 g/mol. The van der Waals surface area contributed by atoms with Crippen LogP contribution in [0.3, 0.4) is 0 Å². The Hall–Kier alpha value is -0.780. The van der Waals surface area contributed by atoms with Gasteiger partial charge in [-0.1, -0.05) is 13.8 Å². The zero-order chi connectivity index (χ0) is 13.6. The number of carbonyl (C=O) groups is 1. The number of carbonyl (C=O) groups excluding carboxylic acids is 1. The van der Waals surface area contributed by atoms with Gasteiger partial charge in [0, 0.05) is 19.5 Å². The second-order valence-corrected chi connectivity index (χ2v) is 7.42. The SMILES string of the molecule is CN1CCOC(c2nc3c(s2)C(=O)CC(C)(C)C3)C1. The van der Waals surface area contributed by atoms with Crippen LogP contribution in [-0.2, 0) is 11.2 Å². The van der Waals surface area contributed by atoms with Crippen molar-refractivity contribution in [1.82, 2.24) is 9.88 Å². The number of hydrogen-bond donors (Lipinski definition) is 0. The van der Waals surface area contributed by atoms with Gasteiger partial charge < -0.3 is 9.64 Å². The number of fused-ring (bicyclic) bond motifs is 1. The Morgan fingerprint density at radius 2 is 2.21 bits per heavy atom. The maximum absolute atomic E-state index is 12.2. The minimum Gasteiger partial charge on any atom is -0.368 e. The zero-order valence-electron chi connectivity index (χ0n) is 11.7. The summed E-state index contributed by atoms with van der Waals surface area (Å²) < 4.78 is 5.79. The van der Waals surface area contributed by atoms with Crippen LogP contribution >= 0.6 is 11.3 Å². The number of thiazole rings is 1. The molecule has 0 spiro atoms. The standard InChI is InChI=1S/C14H20N2O2S/c1-14(2)6-9-12(10(17)7-14)19-13(15-9)11-8-16(3)4-5-18-11/h11H,4-8H2,1-3H3. The third kappa shape index (κ3) is 2.59. The van der Waals surface area contributed by atoms with E-state index in [4.69, 9.17) is 9.72 Å². The summed E-state index contributed by atoms with van der Waals surface area (Å²) in [6.45, 7) is 6.85. The lowest BCUT2D eigenvalue weighted by molar-refractivity contribution is -0.0210. The highest BCUT2D eigenvalue weighted by molar-refractivity contribution is 7.14. The number of ether oxygens (including phenoxy) is 1. The van der Waals surface area contributed by atoms with E-state index in [1.807, 2.05) is 0 Å². The van der Waals surface area contributed by atoms with Crippen molar-refractivity contribution in [3.05, 3.63) is 15.6 Å². The van der Waals surface area contributed by atoms with Crippen molar-refractivity contribution in [3.8, 4) is 0 Å². The minimum atomic E-state index is 0.0327. The van der Waals surface area contributed by atoms with Crippen LogP contribution < -0.4 is 0 Å². The highest BCUT2D eigenvalue weighted by Gasteiger charge is 2.35. The number of hydrogen-bond acceptors (Lipinski definition) is 5. The number of ketones is 1. The van der Waals surface area contributed by atoms with Gasteiger partial charge in [0.25, 0.3) is 0 Å². The molecule has 0 N–H and O–H groups in total. The lowest BCUT2D eigenvalue weighted by Crippen LogP contribution is -2.35. The summed E-state index contributed by atoms with van der Waals surface area (Å²) in [6, 6.07) is 0. The van der Waals surface area contributed by atoms with E-state index in [2.05, 4.69) is 25.8 Å². The Kier molecular flexibility index (Phi) is 3.23. The third-order valence-corrected chi connectivity index (χ3v) is 5.03. The maximum atomic E-state index is 12.2. The van der Waals surface area contributed by atoms with Gasteiger partial charge in [-0.3, -0.25) is 4.79 Å². The number of rotatable bonds is 1. The fourth-order valence-electron chi connectivity index (χ4n) is 2.80. The van der Waals surface area contributed by atoms with Gasteiger partial charge in [0.1, 0.15) is 11.1 Å². The number of nitrogens with zero attached hydrogens (tertiary/aromatic N) is 2. The molecule has 4 nitrogen and oxygen atoms in total. The summed E-state index contributed by atoms with van der Waals surface area (Å²) in [7, 11) is 2.09. The van der Waals surface area contributed by atoms with Crippen molar-refractivity contribution in [2.24, 2.45) is 5.41 Å². The van der Waals surface area contributed by atoms with Crippen LogP contribution in [-0.4, -0.2) is 42.4 Å². The molecule has 0 radical (unpaired) electrons. The molecule has 3 rings (SSSR count). The molecule has 1 aliphatic carbocycles. The molecule has 0 saturated carbocycles.